The first-order valence-corrected chi connectivity index (χ1v) is 11.7. The van der Waals surface area contributed by atoms with E-state index in [0.29, 0.717) is 19.6 Å². The highest BCUT2D eigenvalue weighted by molar-refractivity contribution is 7.09. The molecule has 0 unspecified atom stereocenters. The molecule has 3 amide bonds. The van der Waals surface area contributed by atoms with E-state index in [0.717, 1.165) is 67.9 Å². The van der Waals surface area contributed by atoms with Crippen LogP contribution in [0.3, 0.4) is 0 Å². The fourth-order valence-electron chi connectivity index (χ4n) is 4.12. The maximum Gasteiger partial charge on any atom is 0.319 e. The van der Waals surface area contributed by atoms with Crippen LogP contribution in [-0.2, 0) is 11.2 Å². The third-order valence-corrected chi connectivity index (χ3v) is 6.82. The number of carbonyl (C=O) groups excluding carboxylic acids is 2. The Kier molecular flexibility index (Phi) is 6.94. The van der Waals surface area contributed by atoms with Crippen molar-refractivity contribution in [2.45, 2.75) is 38.5 Å². The lowest BCUT2D eigenvalue weighted by atomic mass is 9.96. The van der Waals surface area contributed by atoms with Crippen LogP contribution in [0.1, 0.15) is 37.1 Å². The van der Waals surface area contributed by atoms with Gasteiger partial charge in [-0.3, -0.25) is 9.78 Å². The lowest BCUT2D eigenvalue weighted by Crippen LogP contribution is -2.47. The van der Waals surface area contributed by atoms with E-state index in [1.54, 1.807) is 23.7 Å². The van der Waals surface area contributed by atoms with Crippen molar-refractivity contribution < 1.29 is 9.59 Å². The molecule has 8 heteroatoms. The van der Waals surface area contributed by atoms with Gasteiger partial charge in [0, 0.05) is 68.4 Å². The zero-order chi connectivity index (χ0) is 20.8. The molecular formula is C22H29N5O2S. The third kappa shape index (κ3) is 5.16. The Bertz CT molecular complexity index is 842. The molecule has 0 saturated carbocycles. The minimum Gasteiger partial charge on any atom is -0.356 e. The number of nitrogens with zero attached hydrogens (tertiary/aromatic N) is 4. The van der Waals surface area contributed by atoms with Crippen molar-refractivity contribution in [3.05, 3.63) is 34.9 Å². The summed E-state index contributed by atoms with van der Waals surface area (Å²) in [7, 11) is 0. The number of urea groups is 1. The van der Waals surface area contributed by atoms with Crippen LogP contribution in [0.25, 0.3) is 11.3 Å². The van der Waals surface area contributed by atoms with E-state index in [-0.39, 0.29) is 17.9 Å². The predicted octanol–water partition coefficient (Wildman–Crippen LogP) is 3.18. The van der Waals surface area contributed by atoms with Gasteiger partial charge >= 0.3 is 6.03 Å². The van der Waals surface area contributed by atoms with E-state index >= 15 is 0 Å². The quantitative estimate of drug-likeness (QED) is 0.718. The van der Waals surface area contributed by atoms with Gasteiger partial charge in [0.1, 0.15) is 0 Å². The molecule has 1 N–H and O–H groups in total. The van der Waals surface area contributed by atoms with Crippen LogP contribution < -0.4 is 5.32 Å². The molecule has 0 spiro atoms. The van der Waals surface area contributed by atoms with Crippen molar-refractivity contribution in [3.8, 4) is 11.3 Å². The summed E-state index contributed by atoms with van der Waals surface area (Å²) < 4.78 is 0. The molecule has 160 valence electrons. The molecule has 4 heterocycles. The number of piperidine rings is 1. The molecule has 0 aliphatic carbocycles. The van der Waals surface area contributed by atoms with Gasteiger partial charge in [-0.15, -0.1) is 11.3 Å². The molecule has 2 fully saturated rings. The van der Waals surface area contributed by atoms with E-state index in [1.165, 1.54) is 0 Å². The number of likely N-dealkylation sites (tertiary alicyclic amines) is 2. The molecule has 2 aromatic heterocycles. The van der Waals surface area contributed by atoms with Gasteiger partial charge in [0.2, 0.25) is 5.91 Å². The van der Waals surface area contributed by atoms with Gasteiger partial charge < -0.3 is 15.1 Å². The van der Waals surface area contributed by atoms with E-state index in [4.69, 9.17) is 0 Å². The summed E-state index contributed by atoms with van der Waals surface area (Å²) in [6.45, 7) is 3.79. The number of hydrogen-bond acceptors (Lipinski definition) is 5. The van der Waals surface area contributed by atoms with Gasteiger partial charge in [-0.25, -0.2) is 9.78 Å². The maximum absolute atomic E-state index is 12.5. The maximum atomic E-state index is 12.5. The van der Waals surface area contributed by atoms with Crippen LogP contribution in [0.4, 0.5) is 4.79 Å². The summed E-state index contributed by atoms with van der Waals surface area (Å²) in [5.74, 6) is 0.144. The summed E-state index contributed by atoms with van der Waals surface area (Å²) >= 11 is 1.66. The fourth-order valence-corrected chi connectivity index (χ4v) is 4.97. The zero-order valence-electron chi connectivity index (χ0n) is 17.3. The van der Waals surface area contributed by atoms with Gasteiger partial charge in [-0.05, 0) is 44.2 Å². The third-order valence-electron chi connectivity index (χ3n) is 5.91. The highest BCUT2D eigenvalue weighted by atomic mass is 32.1. The highest BCUT2D eigenvalue weighted by Crippen LogP contribution is 2.22. The summed E-state index contributed by atoms with van der Waals surface area (Å²) in [5, 5.41) is 6.23. The van der Waals surface area contributed by atoms with Crippen LogP contribution in [0.15, 0.2) is 29.9 Å². The summed E-state index contributed by atoms with van der Waals surface area (Å²) in [5.41, 5.74) is 2.06. The number of thiazole rings is 1. The second kappa shape index (κ2) is 10.0. The first-order chi connectivity index (χ1) is 14.7. The normalized spacial score (nSPS) is 17.3. The zero-order valence-corrected chi connectivity index (χ0v) is 18.1. The van der Waals surface area contributed by atoms with Gasteiger partial charge in [0.25, 0.3) is 0 Å². The van der Waals surface area contributed by atoms with E-state index in [1.807, 2.05) is 21.9 Å². The number of carbonyl (C=O) groups is 2. The van der Waals surface area contributed by atoms with Crippen molar-refractivity contribution in [2.75, 3.05) is 32.7 Å². The molecule has 2 aliphatic heterocycles. The van der Waals surface area contributed by atoms with E-state index in [9.17, 15) is 9.59 Å². The number of rotatable bonds is 6. The molecule has 2 aliphatic rings. The molecular weight excluding hydrogens is 398 g/mol. The minimum atomic E-state index is 0.0192. The predicted molar refractivity (Wildman–Crippen MR) is 117 cm³/mol. The lowest BCUT2D eigenvalue weighted by molar-refractivity contribution is -0.126. The first-order valence-electron chi connectivity index (χ1n) is 10.9. The van der Waals surface area contributed by atoms with Gasteiger partial charge in [0.15, 0.2) is 0 Å². The molecule has 0 aromatic carbocycles. The number of pyridine rings is 1. The fraction of sp³-hybridized carbons (Fsp3) is 0.545. The molecule has 0 bridgehead atoms. The minimum absolute atomic E-state index is 0.0192. The van der Waals surface area contributed by atoms with Gasteiger partial charge in [-0.2, -0.15) is 0 Å². The second-order valence-corrected chi connectivity index (χ2v) is 8.94. The summed E-state index contributed by atoms with van der Waals surface area (Å²) in [6, 6.07) is 4.08. The Labute approximate surface area is 181 Å². The number of nitrogens with one attached hydrogen (secondary N) is 1. The van der Waals surface area contributed by atoms with Crippen molar-refractivity contribution in [1.82, 2.24) is 25.1 Å². The lowest BCUT2D eigenvalue weighted by Gasteiger charge is -2.34. The van der Waals surface area contributed by atoms with Crippen molar-refractivity contribution in [2.24, 2.45) is 5.92 Å². The molecule has 30 heavy (non-hydrogen) atoms. The monoisotopic (exact) mass is 427 g/mol. The molecule has 7 nitrogen and oxygen atoms in total. The van der Waals surface area contributed by atoms with Crippen LogP contribution in [0.5, 0.6) is 0 Å². The average molecular weight is 428 g/mol. The standard InChI is InChI=1S/C22H29N5O2S/c28-21(18-7-14-27(15-8-18)22(29)26-12-1-2-13-26)24-9-3-4-20-25-19(16-30-20)17-5-10-23-11-6-17/h5-6,10-11,16,18H,1-4,7-9,12-15H2,(H,24,28). The SMILES string of the molecule is O=C(NCCCc1nc(-c2ccncc2)cs1)C1CCN(C(=O)N2CCCC2)CC1. The Morgan fingerprint density at radius 3 is 2.50 bits per heavy atom. The number of amides is 3. The molecule has 2 aromatic rings. The molecule has 0 atom stereocenters. The van der Waals surface area contributed by atoms with Gasteiger partial charge in [0.05, 0.1) is 10.7 Å². The Hall–Kier alpha value is -2.48. The number of hydrogen-bond donors (Lipinski definition) is 1. The van der Waals surface area contributed by atoms with Crippen LogP contribution in [-0.4, -0.2) is 64.4 Å². The number of aryl methyl sites for hydroxylation is 1. The van der Waals surface area contributed by atoms with E-state index in [2.05, 4.69) is 20.7 Å². The van der Waals surface area contributed by atoms with Crippen LogP contribution in [0.2, 0.25) is 0 Å². The Morgan fingerprint density at radius 2 is 1.77 bits per heavy atom. The average Bonchev–Trinajstić information content (AvgIpc) is 3.49. The topological polar surface area (TPSA) is 78.4 Å². The first kappa shape index (κ1) is 20.8. The van der Waals surface area contributed by atoms with Crippen molar-refractivity contribution in [1.29, 1.82) is 0 Å². The largest absolute Gasteiger partial charge is 0.356 e. The molecule has 4 rings (SSSR count). The molecule has 0 radical (unpaired) electrons. The second-order valence-electron chi connectivity index (χ2n) is 8.00. The molecule has 2 saturated heterocycles. The number of aromatic nitrogens is 2. The Balaban J connectivity index is 1.15. The summed E-state index contributed by atoms with van der Waals surface area (Å²) in [4.78, 5) is 37.5. The Morgan fingerprint density at radius 1 is 1.07 bits per heavy atom. The van der Waals surface area contributed by atoms with Crippen LogP contribution >= 0.6 is 11.3 Å². The summed E-state index contributed by atoms with van der Waals surface area (Å²) in [6.07, 6.45) is 9.02. The van der Waals surface area contributed by atoms with Crippen LogP contribution in [0, 0.1) is 5.92 Å². The van der Waals surface area contributed by atoms with E-state index < -0.39 is 0 Å². The van der Waals surface area contributed by atoms with Crippen molar-refractivity contribution >= 4 is 23.3 Å². The highest BCUT2D eigenvalue weighted by Gasteiger charge is 2.30. The van der Waals surface area contributed by atoms with Crippen molar-refractivity contribution in [3.63, 3.8) is 0 Å². The smallest absolute Gasteiger partial charge is 0.319 e. The van der Waals surface area contributed by atoms with Gasteiger partial charge in [-0.1, -0.05) is 0 Å².